The van der Waals surface area contributed by atoms with E-state index in [4.69, 9.17) is 9.15 Å². The number of hydrogen-bond acceptors (Lipinski definition) is 6. The number of amides is 1. The van der Waals surface area contributed by atoms with Gasteiger partial charge in [-0.25, -0.2) is 4.98 Å². The first-order valence-electron chi connectivity index (χ1n) is 8.70. The molecule has 0 saturated carbocycles. The molecular formula is C20H17N3O3S. The number of ether oxygens (including phenoxy) is 1. The van der Waals surface area contributed by atoms with Crippen LogP contribution in [0.25, 0.3) is 27.1 Å². The van der Waals surface area contributed by atoms with Crippen molar-refractivity contribution in [1.82, 2.24) is 10.3 Å². The zero-order valence-corrected chi connectivity index (χ0v) is 15.3. The van der Waals surface area contributed by atoms with E-state index in [1.165, 1.54) is 17.4 Å². The van der Waals surface area contributed by atoms with Gasteiger partial charge in [0.25, 0.3) is 5.91 Å². The van der Waals surface area contributed by atoms with Crippen molar-refractivity contribution < 1.29 is 13.9 Å². The van der Waals surface area contributed by atoms with Gasteiger partial charge in [-0.1, -0.05) is 12.1 Å². The van der Waals surface area contributed by atoms with E-state index in [0.717, 1.165) is 34.7 Å². The molecule has 0 spiro atoms. The summed E-state index contributed by atoms with van der Waals surface area (Å²) < 4.78 is 12.3. The number of fused-ring (bicyclic) bond motifs is 1. The van der Waals surface area contributed by atoms with Crippen molar-refractivity contribution in [2.75, 3.05) is 13.2 Å². The fourth-order valence-electron chi connectivity index (χ4n) is 2.92. The fraction of sp³-hybridized carbons (Fsp3) is 0.250. The maximum atomic E-state index is 12.2. The molecule has 6 nitrogen and oxygen atoms in total. The average Bonchev–Trinajstić information content (AvgIpc) is 3.44. The molecule has 136 valence electrons. The van der Waals surface area contributed by atoms with Gasteiger partial charge in [0.05, 0.1) is 16.3 Å². The average molecular weight is 379 g/mol. The third-order valence-electron chi connectivity index (χ3n) is 4.30. The van der Waals surface area contributed by atoms with Crippen molar-refractivity contribution in [2.24, 2.45) is 0 Å². The SMILES string of the molecule is N#C/C(=C\c1ccc(-c2nc3ccccc3s2)o1)C(=O)NC[C@H]1CCCO1. The van der Waals surface area contributed by atoms with Gasteiger partial charge in [-0.2, -0.15) is 5.26 Å². The van der Waals surface area contributed by atoms with Gasteiger partial charge < -0.3 is 14.5 Å². The van der Waals surface area contributed by atoms with E-state index in [1.54, 1.807) is 12.1 Å². The highest BCUT2D eigenvalue weighted by atomic mass is 32.1. The lowest BCUT2D eigenvalue weighted by Gasteiger charge is -2.09. The Morgan fingerprint density at radius 1 is 1.37 bits per heavy atom. The molecule has 1 saturated heterocycles. The zero-order chi connectivity index (χ0) is 18.6. The van der Waals surface area contributed by atoms with E-state index < -0.39 is 5.91 Å². The number of nitrogens with zero attached hydrogens (tertiary/aromatic N) is 2. The molecule has 1 N–H and O–H groups in total. The lowest BCUT2D eigenvalue weighted by Crippen LogP contribution is -2.32. The second kappa shape index (κ2) is 7.74. The van der Waals surface area contributed by atoms with Crippen LogP contribution >= 0.6 is 11.3 Å². The number of rotatable bonds is 5. The molecule has 7 heteroatoms. The molecule has 3 aromatic rings. The Kier molecular flexibility index (Phi) is 5.01. The van der Waals surface area contributed by atoms with Gasteiger partial charge in [-0.15, -0.1) is 11.3 Å². The number of nitriles is 1. The molecule has 1 amide bonds. The molecule has 0 unspecified atom stereocenters. The van der Waals surface area contributed by atoms with E-state index >= 15 is 0 Å². The summed E-state index contributed by atoms with van der Waals surface area (Å²) >= 11 is 1.53. The number of para-hydroxylation sites is 1. The predicted molar refractivity (Wildman–Crippen MR) is 103 cm³/mol. The first-order valence-corrected chi connectivity index (χ1v) is 9.52. The molecule has 1 aliphatic rings. The molecule has 0 bridgehead atoms. The van der Waals surface area contributed by atoms with Crippen molar-refractivity contribution in [3.05, 3.63) is 47.7 Å². The number of carbonyl (C=O) groups excluding carboxylic acids is 1. The van der Waals surface area contributed by atoms with Crippen LogP contribution in [0.2, 0.25) is 0 Å². The molecule has 1 aliphatic heterocycles. The zero-order valence-electron chi connectivity index (χ0n) is 14.5. The van der Waals surface area contributed by atoms with Crippen LogP contribution in [0.15, 0.2) is 46.4 Å². The maximum absolute atomic E-state index is 12.2. The fourth-order valence-corrected chi connectivity index (χ4v) is 3.85. The molecule has 0 aliphatic carbocycles. The van der Waals surface area contributed by atoms with Crippen molar-refractivity contribution in [1.29, 1.82) is 5.26 Å². The summed E-state index contributed by atoms with van der Waals surface area (Å²) in [6, 6.07) is 13.3. The van der Waals surface area contributed by atoms with Crippen LogP contribution in [-0.4, -0.2) is 30.1 Å². The summed E-state index contributed by atoms with van der Waals surface area (Å²) in [6.07, 6.45) is 3.41. The van der Waals surface area contributed by atoms with Crippen LogP contribution in [0.5, 0.6) is 0 Å². The normalized spacial score (nSPS) is 17.1. The maximum Gasteiger partial charge on any atom is 0.262 e. The Morgan fingerprint density at radius 3 is 3.04 bits per heavy atom. The number of furan rings is 1. The second-order valence-electron chi connectivity index (χ2n) is 6.20. The first kappa shape index (κ1) is 17.5. The summed E-state index contributed by atoms with van der Waals surface area (Å²) in [6.45, 7) is 1.13. The minimum Gasteiger partial charge on any atom is -0.454 e. The Labute approximate surface area is 160 Å². The lowest BCUT2D eigenvalue weighted by molar-refractivity contribution is -0.117. The summed E-state index contributed by atoms with van der Waals surface area (Å²) in [5.41, 5.74) is 0.912. The summed E-state index contributed by atoms with van der Waals surface area (Å²) in [5, 5.41) is 12.8. The van der Waals surface area contributed by atoms with Gasteiger partial charge in [-0.3, -0.25) is 4.79 Å². The molecular weight excluding hydrogens is 362 g/mol. The predicted octanol–water partition coefficient (Wildman–Crippen LogP) is 3.76. The number of hydrogen-bond donors (Lipinski definition) is 1. The molecule has 27 heavy (non-hydrogen) atoms. The Balaban J connectivity index is 1.49. The molecule has 1 fully saturated rings. The summed E-state index contributed by atoms with van der Waals surface area (Å²) in [4.78, 5) is 16.8. The molecule has 2 aromatic heterocycles. The van der Waals surface area contributed by atoms with E-state index in [-0.39, 0.29) is 11.7 Å². The topological polar surface area (TPSA) is 88.2 Å². The number of aromatic nitrogens is 1. The highest BCUT2D eigenvalue weighted by molar-refractivity contribution is 7.21. The third kappa shape index (κ3) is 3.92. The van der Waals surface area contributed by atoms with Gasteiger partial charge in [0.15, 0.2) is 10.8 Å². The Morgan fingerprint density at radius 2 is 2.26 bits per heavy atom. The number of benzene rings is 1. The standard InChI is InChI=1S/C20H17N3O3S/c21-11-13(19(24)22-12-15-4-3-9-25-15)10-14-7-8-17(26-14)20-23-16-5-1-2-6-18(16)27-20/h1-2,5-8,10,15H,3-4,9,12H2,(H,22,24)/b13-10+/t15-/m1/s1. The van der Waals surface area contributed by atoms with Gasteiger partial charge >= 0.3 is 0 Å². The molecule has 3 heterocycles. The molecule has 4 rings (SSSR count). The smallest absolute Gasteiger partial charge is 0.262 e. The van der Waals surface area contributed by atoms with E-state index in [2.05, 4.69) is 10.3 Å². The van der Waals surface area contributed by atoms with Crippen LogP contribution in [0.4, 0.5) is 0 Å². The number of carbonyl (C=O) groups is 1. The summed E-state index contributed by atoms with van der Waals surface area (Å²) in [5.74, 6) is 0.624. The summed E-state index contributed by atoms with van der Waals surface area (Å²) in [7, 11) is 0. The van der Waals surface area contributed by atoms with Crippen molar-refractivity contribution >= 4 is 33.5 Å². The molecule has 0 radical (unpaired) electrons. The Hall–Kier alpha value is -2.95. The monoisotopic (exact) mass is 379 g/mol. The van der Waals surface area contributed by atoms with Crippen LogP contribution < -0.4 is 5.32 Å². The van der Waals surface area contributed by atoms with Gasteiger partial charge in [0, 0.05) is 19.2 Å². The van der Waals surface area contributed by atoms with Crippen LogP contribution in [0, 0.1) is 11.3 Å². The molecule has 1 aromatic carbocycles. The highest BCUT2D eigenvalue weighted by Gasteiger charge is 2.18. The quantitative estimate of drug-likeness (QED) is 0.539. The first-order chi connectivity index (χ1) is 13.2. The Bertz CT molecular complexity index is 1010. The van der Waals surface area contributed by atoms with E-state index in [9.17, 15) is 10.1 Å². The minimum atomic E-state index is -0.425. The van der Waals surface area contributed by atoms with Crippen molar-refractivity contribution in [3.8, 4) is 16.8 Å². The lowest BCUT2D eigenvalue weighted by atomic mass is 10.2. The third-order valence-corrected chi connectivity index (χ3v) is 5.35. The van der Waals surface area contributed by atoms with Crippen LogP contribution in [-0.2, 0) is 9.53 Å². The second-order valence-corrected chi connectivity index (χ2v) is 7.23. The van der Waals surface area contributed by atoms with Gasteiger partial charge in [0.2, 0.25) is 0 Å². The van der Waals surface area contributed by atoms with E-state index in [1.807, 2.05) is 30.3 Å². The van der Waals surface area contributed by atoms with Gasteiger partial charge in [0.1, 0.15) is 17.4 Å². The number of thiazole rings is 1. The van der Waals surface area contributed by atoms with Crippen LogP contribution in [0.3, 0.4) is 0 Å². The molecule has 1 atom stereocenters. The van der Waals surface area contributed by atoms with Crippen LogP contribution in [0.1, 0.15) is 18.6 Å². The highest BCUT2D eigenvalue weighted by Crippen LogP contribution is 2.31. The number of nitrogens with one attached hydrogen (secondary N) is 1. The van der Waals surface area contributed by atoms with E-state index in [0.29, 0.717) is 18.1 Å². The van der Waals surface area contributed by atoms with Gasteiger partial charge in [-0.05, 0) is 37.1 Å². The minimum absolute atomic E-state index is 0.00167. The van der Waals surface area contributed by atoms with Crippen molar-refractivity contribution in [2.45, 2.75) is 18.9 Å². The van der Waals surface area contributed by atoms with Crippen molar-refractivity contribution in [3.63, 3.8) is 0 Å². The largest absolute Gasteiger partial charge is 0.454 e.